The molecule has 2 aromatic rings. The normalized spacial score (nSPS) is 20.8. The fraction of sp³-hybridized carbons (Fsp3) is 0.455. The lowest BCUT2D eigenvalue weighted by Crippen LogP contribution is -2.37. The standard InChI is InChI=1S/C22H25F2N3O4/c1-11-9-26(6-5-13(11)17(24)8-25)19-16(23)7-14-18(21(19)31-2)27(12-3-4-12)10-15(20(14)28)22(29)30/h7,10-12H,3-6,8-9,25H2,1-2H3,(H,29,30)/b17-13+. The SMILES string of the molecule is COc1c(N2CC/C(=C(\F)CN)C(C)C2)c(F)cc2c(=O)c(C(=O)O)cn(C3CC3)c12. The minimum Gasteiger partial charge on any atom is -0.492 e. The number of methoxy groups -OCH3 is 1. The second kappa shape index (κ2) is 7.96. The van der Waals surface area contributed by atoms with E-state index in [1.807, 2.05) is 6.92 Å². The van der Waals surface area contributed by atoms with E-state index < -0.39 is 22.8 Å². The average Bonchev–Trinajstić information content (AvgIpc) is 3.57. The summed E-state index contributed by atoms with van der Waals surface area (Å²) in [7, 11) is 1.40. The molecule has 0 bridgehead atoms. The highest BCUT2D eigenvalue weighted by Crippen LogP contribution is 2.44. The Balaban J connectivity index is 1.91. The lowest BCUT2D eigenvalue weighted by atomic mass is 9.91. The van der Waals surface area contributed by atoms with Crippen LogP contribution in [0.25, 0.3) is 10.9 Å². The first-order valence-electron chi connectivity index (χ1n) is 10.3. The third kappa shape index (κ3) is 3.56. The molecule has 1 aromatic carbocycles. The van der Waals surface area contributed by atoms with Gasteiger partial charge in [-0.15, -0.1) is 0 Å². The van der Waals surface area contributed by atoms with Crippen molar-refractivity contribution in [3.05, 3.63) is 45.3 Å². The van der Waals surface area contributed by atoms with Crippen molar-refractivity contribution >= 4 is 22.6 Å². The molecule has 4 rings (SSSR count). The van der Waals surface area contributed by atoms with Crippen LogP contribution in [-0.4, -0.2) is 42.4 Å². The maximum Gasteiger partial charge on any atom is 0.341 e. The number of aromatic carboxylic acids is 1. The predicted molar refractivity (Wildman–Crippen MR) is 113 cm³/mol. The van der Waals surface area contributed by atoms with Crippen LogP contribution in [0.15, 0.2) is 28.5 Å². The number of hydrogen-bond donors (Lipinski definition) is 2. The highest BCUT2D eigenvalue weighted by atomic mass is 19.1. The minimum absolute atomic E-state index is 0.0234. The first-order chi connectivity index (χ1) is 14.8. The van der Waals surface area contributed by atoms with E-state index >= 15 is 4.39 Å². The molecule has 9 heteroatoms. The number of nitrogens with two attached hydrogens (primary N) is 1. The molecular weight excluding hydrogens is 408 g/mol. The molecule has 0 amide bonds. The summed E-state index contributed by atoms with van der Waals surface area (Å²) in [5.74, 6) is -2.34. The van der Waals surface area contributed by atoms with Crippen LogP contribution in [0.3, 0.4) is 0 Å². The summed E-state index contributed by atoms with van der Waals surface area (Å²) in [5.41, 5.74) is 5.53. The van der Waals surface area contributed by atoms with Gasteiger partial charge in [-0.05, 0) is 36.8 Å². The summed E-state index contributed by atoms with van der Waals surface area (Å²) in [5, 5.41) is 9.41. The Bertz CT molecular complexity index is 1150. The summed E-state index contributed by atoms with van der Waals surface area (Å²) in [6.07, 6.45) is 3.39. The zero-order chi connectivity index (χ0) is 22.4. The molecule has 2 heterocycles. The molecule has 1 unspecified atom stereocenters. The summed E-state index contributed by atoms with van der Waals surface area (Å²) in [4.78, 5) is 26.1. The number of benzene rings is 1. The van der Waals surface area contributed by atoms with Crippen molar-refractivity contribution in [1.82, 2.24) is 4.57 Å². The van der Waals surface area contributed by atoms with Crippen molar-refractivity contribution in [2.45, 2.75) is 32.2 Å². The van der Waals surface area contributed by atoms with E-state index in [-0.39, 0.29) is 41.2 Å². The van der Waals surface area contributed by atoms with E-state index in [0.29, 0.717) is 30.6 Å². The number of hydrogen-bond acceptors (Lipinski definition) is 5. The number of ether oxygens (including phenoxy) is 1. The molecule has 1 aliphatic carbocycles. The number of halogens is 2. The van der Waals surface area contributed by atoms with Crippen molar-refractivity contribution in [2.24, 2.45) is 11.7 Å². The Hall–Kier alpha value is -2.94. The molecule has 31 heavy (non-hydrogen) atoms. The molecular formula is C22H25F2N3O4. The number of aromatic nitrogens is 1. The van der Waals surface area contributed by atoms with Crippen molar-refractivity contribution in [3.63, 3.8) is 0 Å². The second-order valence-corrected chi connectivity index (χ2v) is 8.18. The highest BCUT2D eigenvalue weighted by molar-refractivity contribution is 5.97. The zero-order valence-electron chi connectivity index (χ0n) is 17.5. The van der Waals surface area contributed by atoms with Gasteiger partial charge < -0.3 is 25.0 Å². The third-order valence-corrected chi connectivity index (χ3v) is 6.16. The molecule has 0 spiro atoms. The first kappa shape index (κ1) is 21.3. The summed E-state index contributed by atoms with van der Waals surface area (Å²) >= 11 is 0. The molecule has 2 fully saturated rings. The Labute approximate surface area is 177 Å². The fourth-order valence-corrected chi connectivity index (χ4v) is 4.50. The van der Waals surface area contributed by atoms with Gasteiger partial charge in [0.05, 0.1) is 18.0 Å². The van der Waals surface area contributed by atoms with Crippen LogP contribution in [0.2, 0.25) is 0 Å². The van der Waals surface area contributed by atoms with Crippen molar-refractivity contribution in [2.75, 3.05) is 31.6 Å². The van der Waals surface area contributed by atoms with Crippen molar-refractivity contribution < 1.29 is 23.4 Å². The van der Waals surface area contributed by atoms with Crippen LogP contribution in [0.5, 0.6) is 5.75 Å². The number of carboxylic acids is 1. The molecule has 1 saturated carbocycles. The van der Waals surface area contributed by atoms with Crippen LogP contribution in [0, 0.1) is 11.7 Å². The third-order valence-electron chi connectivity index (χ3n) is 6.16. The Morgan fingerprint density at radius 2 is 2.10 bits per heavy atom. The van der Waals surface area contributed by atoms with Crippen molar-refractivity contribution in [1.29, 1.82) is 0 Å². The number of rotatable bonds is 5. The van der Waals surface area contributed by atoms with Gasteiger partial charge in [0.15, 0.2) is 11.6 Å². The van der Waals surface area contributed by atoms with Gasteiger partial charge in [-0.3, -0.25) is 4.79 Å². The smallest absolute Gasteiger partial charge is 0.341 e. The number of piperidine rings is 1. The van der Waals surface area contributed by atoms with Gasteiger partial charge in [0.25, 0.3) is 0 Å². The van der Waals surface area contributed by atoms with E-state index in [1.54, 1.807) is 9.47 Å². The van der Waals surface area contributed by atoms with E-state index in [9.17, 15) is 19.1 Å². The molecule has 166 valence electrons. The quantitative estimate of drug-likeness (QED) is 0.752. The van der Waals surface area contributed by atoms with Gasteiger partial charge in [0, 0.05) is 31.9 Å². The van der Waals surface area contributed by atoms with Gasteiger partial charge >= 0.3 is 5.97 Å². The van der Waals surface area contributed by atoms with Crippen LogP contribution in [0.4, 0.5) is 14.5 Å². The summed E-state index contributed by atoms with van der Waals surface area (Å²) < 4.78 is 36.7. The summed E-state index contributed by atoms with van der Waals surface area (Å²) in [6, 6.07) is 1.12. The fourth-order valence-electron chi connectivity index (χ4n) is 4.50. The van der Waals surface area contributed by atoms with Crippen LogP contribution >= 0.6 is 0 Å². The number of nitrogens with zero attached hydrogens (tertiary/aromatic N) is 2. The van der Waals surface area contributed by atoms with Crippen LogP contribution in [-0.2, 0) is 0 Å². The lowest BCUT2D eigenvalue weighted by Gasteiger charge is -2.36. The van der Waals surface area contributed by atoms with Crippen LogP contribution < -0.4 is 20.8 Å². The monoisotopic (exact) mass is 433 g/mol. The zero-order valence-corrected chi connectivity index (χ0v) is 17.5. The maximum absolute atomic E-state index is 15.3. The number of carbonyl (C=O) groups is 1. The van der Waals surface area contributed by atoms with E-state index in [4.69, 9.17) is 10.5 Å². The summed E-state index contributed by atoms with van der Waals surface area (Å²) in [6.45, 7) is 2.43. The molecule has 2 aliphatic rings. The largest absolute Gasteiger partial charge is 0.492 e. The number of anilines is 1. The molecule has 1 saturated heterocycles. The number of pyridine rings is 1. The minimum atomic E-state index is -1.35. The molecule has 1 aromatic heterocycles. The highest BCUT2D eigenvalue weighted by Gasteiger charge is 2.33. The molecule has 0 radical (unpaired) electrons. The first-order valence-corrected chi connectivity index (χ1v) is 10.3. The van der Waals surface area contributed by atoms with E-state index in [0.717, 1.165) is 18.9 Å². The van der Waals surface area contributed by atoms with Crippen LogP contribution in [0.1, 0.15) is 42.6 Å². The predicted octanol–water partition coefficient (Wildman–Crippen LogP) is 3.21. The average molecular weight is 433 g/mol. The lowest BCUT2D eigenvalue weighted by molar-refractivity contribution is 0.0694. The van der Waals surface area contributed by atoms with Crippen molar-refractivity contribution in [3.8, 4) is 5.75 Å². The number of carboxylic acid groups (broad SMARTS) is 1. The molecule has 7 nitrogen and oxygen atoms in total. The Morgan fingerprint density at radius 3 is 2.65 bits per heavy atom. The van der Waals surface area contributed by atoms with E-state index in [1.165, 1.54) is 13.3 Å². The van der Waals surface area contributed by atoms with Gasteiger partial charge in [-0.25, -0.2) is 13.6 Å². The second-order valence-electron chi connectivity index (χ2n) is 8.18. The van der Waals surface area contributed by atoms with Gasteiger partial charge in [0.1, 0.15) is 17.1 Å². The van der Waals surface area contributed by atoms with Gasteiger partial charge in [-0.1, -0.05) is 6.92 Å². The molecule has 1 aliphatic heterocycles. The van der Waals surface area contributed by atoms with E-state index in [2.05, 4.69) is 0 Å². The molecule has 3 N–H and O–H groups in total. The van der Waals surface area contributed by atoms with Gasteiger partial charge in [-0.2, -0.15) is 0 Å². The van der Waals surface area contributed by atoms with Gasteiger partial charge in [0.2, 0.25) is 5.43 Å². The Morgan fingerprint density at radius 1 is 1.39 bits per heavy atom. The Kier molecular flexibility index (Phi) is 5.47. The maximum atomic E-state index is 15.3. The topological polar surface area (TPSA) is 97.8 Å². The number of fused-ring (bicyclic) bond motifs is 1. The molecule has 1 atom stereocenters.